The molecular formula is C21H24ClNO3S. The van der Waals surface area contributed by atoms with Gasteiger partial charge in [0.1, 0.15) is 5.00 Å². The maximum Gasteiger partial charge on any atom is 0.341 e. The fraction of sp³-hybridized carbons (Fsp3) is 0.429. The molecule has 1 aliphatic rings. The minimum absolute atomic E-state index is 0.248. The lowest BCUT2D eigenvalue weighted by molar-refractivity contribution is 0.0505. The van der Waals surface area contributed by atoms with Crippen molar-refractivity contribution < 1.29 is 14.3 Å². The van der Waals surface area contributed by atoms with E-state index < -0.39 is 0 Å². The molecule has 6 heteroatoms. The monoisotopic (exact) mass is 405 g/mol. The molecule has 4 nitrogen and oxygen atoms in total. The number of anilines is 1. The van der Waals surface area contributed by atoms with Gasteiger partial charge in [0.15, 0.2) is 0 Å². The Bertz CT molecular complexity index is 829. The summed E-state index contributed by atoms with van der Waals surface area (Å²) in [5, 5.41) is 4.10. The van der Waals surface area contributed by atoms with Gasteiger partial charge < -0.3 is 10.1 Å². The van der Waals surface area contributed by atoms with Crippen molar-refractivity contribution in [3.63, 3.8) is 0 Å². The van der Waals surface area contributed by atoms with Gasteiger partial charge in [0, 0.05) is 15.5 Å². The van der Waals surface area contributed by atoms with Crippen LogP contribution in [0.1, 0.15) is 64.3 Å². The number of amides is 1. The minimum Gasteiger partial charge on any atom is -0.462 e. The SMILES string of the molecule is CCCOC(=O)c1c(NC(=O)c2ccc(Cl)cc2)sc2c1CC[C@H](CC)C2. The number of rotatable bonds is 6. The summed E-state index contributed by atoms with van der Waals surface area (Å²) in [5.41, 5.74) is 2.10. The van der Waals surface area contributed by atoms with Gasteiger partial charge in [-0.2, -0.15) is 0 Å². The second-order valence-corrected chi connectivity index (χ2v) is 8.36. The molecule has 144 valence electrons. The minimum atomic E-state index is -0.337. The Labute approximate surface area is 168 Å². The Balaban J connectivity index is 1.90. The zero-order valence-electron chi connectivity index (χ0n) is 15.6. The molecule has 1 heterocycles. The summed E-state index contributed by atoms with van der Waals surface area (Å²) in [4.78, 5) is 26.5. The molecule has 0 fully saturated rings. The number of carbonyl (C=O) groups excluding carboxylic acids is 2. The van der Waals surface area contributed by atoms with E-state index in [1.165, 1.54) is 16.2 Å². The molecule has 0 bridgehead atoms. The summed E-state index contributed by atoms with van der Waals surface area (Å²) in [7, 11) is 0. The second-order valence-electron chi connectivity index (χ2n) is 6.82. The van der Waals surface area contributed by atoms with E-state index in [4.69, 9.17) is 16.3 Å². The van der Waals surface area contributed by atoms with Gasteiger partial charge in [0.2, 0.25) is 0 Å². The third kappa shape index (κ3) is 4.53. The van der Waals surface area contributed by atoms with E-state index in [2.05, 4.69) is 12.2 Å². The van der Waals surface area contributed by atoms with Gasteiger partial charge in [-0.25, -0.2) is 4.79 Å². The Morgan fingerprint density at radius 2 is 2.00 bits per heavy atom. The molecular weight excluding hydrogens is 382 g/mol. The van der Waals surface area contributed by atoms with E-state index >= 15 is 0 Å². The van der Waals surface area contributed by atoms with Crippen LogP contribution in [0.4, 0.5) is 5.00 Å². The van der Waals surface area contributed by atoms with Crippen LogP contribution in [0, 0.1) is 5.92 Å². The first-order chi connectivity index (χ1) is 13.0. The maximum atomic E-state index is 12.7. The van der Waals surface area contributed by atoms with Crippen LogP contribution in [0.3, 0.4) is 0 Å². The second kappa shape index (κ2) is 8.89. The lowest BCUT2D eigenvalue weighted by Gasteiger charge is -2.21. The van der Waals surface area contributed by atoms with Crippen molar-refractivity contribution in [2.24, 2.45) is 5.92 Å². The molecule has 0 radical (unpaired) electrons. The molecule has 0 saturated heterocycles. The van der Waals surface area contributed by atoms with E-state index in [1.54, 1.807) is 24.3 Å². The topological polar surface area (TPSA) is 55.4 Å². The molecule has 1 aromatic carbocycles. The van der Waals surface area contributed by atoms with Crippen molar-refractivity contribution in [1.29, 1.82) is 0 Å². The molecule has 1 N–H and O–H groups in total. The van der Waals surface area contributed by atoms with Crippen molar-refractivity contribution in [3.05, 3.63) is 50.9 Å². The maximum absolute atomic E-state index is 12.7. The Hall–Kier alpha value is -1.85. The van der Waals surface area contributed by atoms with Gasteiger partial charge in [0.05, 0.1) is 12.2 Å². The number of esters is 1. The molecule has 0 unspecified atom stereocenters. The largest absolute Gasteiger partial charge is 0.462 e. The van der Waals surface area contributed by atoms with E-state index in [9.17, 15) is 9.59 Å². The van der Waals surface area contributed by atoms with E-state index in [0.717, 1.165) is 37.7 Å². The van der Waals surface area contributed by atoms with Crippen LogP contribution < -0.4 is 5.32 Å². The number of hydrogen-bond donors (Lipinski definition) is 1. The highest BCUT2D eigenvalue weighted by Gasteiger charge is 2.30. The van der Waals surface area contributed by atoms with E-state index in [0.29, 0.717) is 33.7 Å². The van der Waals surface area contributed by atoms with Crippen LogP contribution in [0.5, 0.6) is 0 Å². The van der Waals surface area contributed by atoms with Gasteiger partial charge in [-0.3, -0.25) is 4.79 Å². The highest BCUT2D eigenvalue weighted by molar-refractivity contribution is 7.17. The summed E-state index contributed by atoms with van der Waals surface area (Å²) < 4.78 is 5.40. The quantitative estimate of drug-likeness (QED) is 0.624. The molecule has 0 spiro atoms. The van der Waals surface area contributed by atoms with Crippen LogP contribution in [0.15, 0.2) is 24.3 Å². The summed E-state index contributed by atoms with van der Waals surface area (Å²) in [5.74, 6) is 0.0491. The number of nitrogens with one attached hydrogen (secondary N) is 1. The normalized spacial score (nSPS) is 15.9. The lowest BCUT2D eigenvalue weighted by atomic mass is 9.85. The van der Waals surface area contributed by atoms with Crippen LogP contribution in [-0.4, -0.2) is 18.5 Å². The van der Waals surface area contributed by atoms with Gasteiger partial charge in [0.25, 0.3) is 5.91 Å². The third-order valence-electron chi connectivity index (χ3n) is 4.92. The summed E-state index contributed by atoms with van der Waals surface area (Å²) in [6.07, 6.45) is 4.78. The van der Waals surface area contributed by atoms with Gasteiger partial charge in [-0.1, -0.05) is 31.9 Å². The molecule has 1 aliphatic carbocycles. The standard InChI is InChI=1S/C21H24ClNO3S/c1-3-11-26-21(25)18-16-10-5-13(4-2)12-17(16)27-20(18)23-19(24)14-6-8-15(22)9-7-14/h6-9,13H,3-5,10-12H2,1-2H3,(H,23,24)/t13-/m0/s1. The number of thiophene rings is 1. The first-order valence-corrected chi connectivity index (χ1v) is 10.6. The Kier molecular flexibility index (Phi) is 6.55. The van der Waals surface area contributed by atoms with Gasteiger partial charge in [-0.15, -0.1) is 11.3 Å². The number of halogens is 1. The smallest absolute Gasteiger partial charge is 0.341 e. The number of fused-ring (bicyclic) bond motifs is 1. The predicted octanol–water partition coefficient (Wildman–Crippen LogP) is 5.74. The summed E-state index contributed by atoms with van der Waals surface area (Å²) in [6, 6.07) is 6.71. The summed E-state index contributed by atoms with van der Waals surface area (Å²) in [6.45, 7) is 4.54. The van der Waals surface area contributed by atoms with E-state index in [1.807, 2.05) is 6.92 Å². The van der Waals surface area contributed by atoms with Crippen molar-refractivity contribution in [2.75, 3.05) is 11.9 Å². The Morgan fingerprint density at radius 3 is 2.67 bits per heavy atom. The van der Waals surface area contributed by atoms with Crippen molar-refractivity contribution in [1.82, 2.24) is 0 Å². The average molecular weight is 406 g/mol. The van der Waals surface area contributed by atoms with Gasteiger partial charge >= 0.3 is 5.97 Å². The predicted molar refractivity (Wildman–Crippen MR) is 110 cm³/mol. The van der Waals surface area contributed by atoms with Gasteiger partial charge in [-0.05, 0) is 61.4 Å². The van der Waals surface area contributed by atoms with Crippen molar-refractivity contribution in [3.8, 4) is 0 Å². The number of carbonyl (C=O) groups is 2. The molecule has 0 aliphatic heterocycles. The number of hydrogen-bond acceptors (Lipinski definition) is 4. The zero-order chi connectivity index (χ0) is 19.4. The molecule has 1 aromatic heterocycles. The lowest BCUT2D eigenvalue weighted by Crippen LogP contribution is -2.17. The van der Waals surface area contributed by atoms with Crippen LogP contribution in [0.25, 0.3) is 0 Å². The fourth-order valence-corrected chi connectivity index (χ4v) is 4.82. The van der Waals surface area contributed by atoms with Crippen LogP contribution in [-0.2, 0) is 17.6 Å². The third-order valence-corrected chi connectivity index (χ3v) is 6.34. The van der Waals surface area contributed by atoms with Crippen LogP contribution >= 0.6 is 22.9 Å². The average Bonchev–Trinajstić information content (AvgIpc) is 3.03. The molecule has 27 heavy (non-hydrogen) atoms. The van der Waals surface area contributed by atoms with Crippen LogP contribution in [0.2, 0.25) is 5.02 Å². The highest BCUT2D eigenvalue weighted by Crippen LogP contribution is 2.41. The summed E-state index contributed by atoms with van der Waals surface area (Å²) >= 11 is 7.41. The van der Waals surface area contributed by atoms with Crippen molar-refractivity contribution in [2.45, 2.75) is 46.0 Å². The first-order valence-electron chi connectivity index (χ1n) is 9.42. The Morgan fingerprint density at radius 1 is 1.26 bits per heavy atom. The van der Waals surface area contributed by atoms with E-state index in [-0.39, 0.29) is 11.9 Å². The fourth-order valence-electron chi connectivity index (χ4n) is 3.35. The molecule has 3 rings (SSSR count). The molecule has 0 saturated carbocycles. The number of benzene rings is 1. The number of ether oxygens (including phenoxy) is 1. The molecule has 1 atom stereocenters. The highest BCUT2D eigenvalue weighted by atomic mass is 35.5. The molecule has 2 aromatic rings. The van der Waals surface area contributed by atoms with Crippen molar-refractivity contribution >= 4 is 39.8 Å². The molecule has 1 amide bonds. The first kappa shape index (κ1) is 19.9. The zero-order valence-corrected chi connectivity index (χ0v) is 17.2.